The van der Waals surface area contributed by atoms with Crippen molar-refractivity contribution in [1.29, 1.82) is 0 Å². The van der Waals surface area contributed by atoms with E-state index in [0.717, 1.165) is 32.6 Å². The first-order valence-electron chi connectivity index (χ1n) is 7.32. The smallest absolute Gasteiger partial charge is 0.237 e. The van der Waals surface area contributed by atoms with E-state index in [-0.39, 0.29) is 5.91 Å². The molecule has 1 aliphatic heterocycles. The summed E-state index contributed by atoms with van der Waals surface area (Å²) in [5.41, 5.74) is 4.95. The Bertz CT molecular complexity index is 295. The summed E-state index contributed by atoms with van der Waals surface area (Å²) in [6, 6.07) is 0.619. The summed E-state index contributed by atoms with van der Waals surface area (Å²) in [5.74, 6) is -0.252. The van der Waals surface area contributed by atoms with Gasteiger partial charge in [-0.25, -0.2) is 0 Å². The van der Waals surface area contributed by atoms with Gasteiger partial charge in [0, 0.05) is 19.1 Å². The molecule has 2 unspecified atom stereocenters. The SMILES string of the molecule is CCNC(C)(CCN1CCCC1CN(C)C)C(N)=O. The van der Waals surface area contributed by atoms with Gasteiger partial charge in [-0.1, -0.05) is 6.92 Å². The lowest BCUT2D eigenvalue weighted by Gasteiger charge is -2.32. The number of likely N-dealkylation sites (N-methyl/N-ethyl adjacent to an activating group) is 2. The first kappa shape index (κ1) is 16.4. The summed E-state index contributed by atoms with van der Waals surface area (Å²) in [7, 11) is 4.23. The van der Waals surface area contributed by atoms with Gasteiger partial charge in [-0.2, -0.15) is 0 Å². The maximum Gasteiger partial charge on any atom is 0.237 e. The highest BCUT2D eigenvalue weighted by Crippen LogP contribution is 2.20. The van der Waals surface area contributed by atoms with Crippen LogP contribution >= 0.6 is 0 Å². The van der Waals surface area contributed by atoms with E-state index < -0.39 is 5.54 Å². The van der Waals surface area contributed by atoms with Crippen molar-refractivity contribution in [3.8, 4) is 0 Å². The van der Waals surface area contributed by atoms with Crippen molar-refractivity contribution in [3.63, 3.8) is 0 Å². The lowest BCUT2D eigenvalue weighted by molar-refractivity contribution is -0.124. The largest absolute Gasteiger partial charge is 0.368 e. The second kappa shape index (κ2) is 7.22. The summed E-state index contributed by atoms with van der Waals surface area (Å²) < 4.78 is 0. The fourth-order valence-corrected chi connectivity index (χ4v) is 2.87. The van der Waals surface area contributed by atoms with Gasteiger partial charge in [-0.05, 0) is 53.4 Å². The predicted molar refractivity (Wildman–Crippen MR) is 79.0 cm³/mol. The number of carbonyl (C=O) groups excluding carboxylic acids is 1. The van der Waals surface area contributed by atoms with Crippen molar-refractivity contribution >= 4 is 5.91 Å². The number of hydrogen-bond donors (Lipinski definition) is 2. The highest BCUT2D eigenvalue weighted by Gasteiger charge is 2.32. The molecule has 1 aliphatic rings. The molecule has 1 fully saturated rings. The van der Waals surface area contributed by atoms with Crippen molar-refractivity contribution in [1.82, 2.24) is 15.1 Å². The number of carbonyl (C=O) groups is 1. The van der Waals surface area contributed by atoms with Gasteiger partial charge >= 0.3 is 0 Å². The van der Waals surface area contributed by atoms with Crippen LogP contribution in [0.2, 0.25) is 0 Å². The third kappa shape index (κ3) is 4.75. The molecule has 0 aromatic rings. The molecule has 0 radical (unpaired) electrons. The van der Waals surface area contributed by atoms with E-state index in [0.29, 0.717) is 6.04 Å². The van der Waals surface area contributed by atoms with Gasteiger partial charge in [0.25, 0.3) is 0 Å². The summed E-state index contributed by atoms with van der Waals surface area (Å²) >= 11 is 0. The minimum absolute atomic E-state index is 0.252. The monoisotopic (exact) mass is 270 g/mol. The van der Waals surface area contributed by atoms with Gasteiger partial charge in [0.05, 0.1) is 5.54 Å². The normalized spacial score (nSPS) is 23.7. The Morgan fingerprint density at radius 3 is 2.74 bits per heavy atom. The Balaban J connectivity index is 2.51. The molecule has 0 saturated carbocycles. The molecular weight excluding hydrogens is 240 g/mol. The second-order valence-corrected chi connectivity index (χ2v) is 6.07. The molecule has 1 rings (SSSR count). The summed E-state index contributed by atoms with van der Waals surface area (Å²) in [6.45, 7) is 7.85. The van der Waals surface area contributed by atoms with Crippen molar-refractivity contribution in [3.05, 3.63) is 0 Å². The quantitative estimate of drug-likeness (QED) is 0.664. The lowest BCUT2D eigenvalue weighted by atomic mass is 9.96. The number of amides is 1. The number of rotatable bonds is 8. The van der Waals surface area contributed by atoms with Crippen LogP contribution < -0.4 is 11.1 Å². The van der Waals surface area contributed by atoms with E-state index in [2.05, 4.69) is 29.2 Å². The zero-order valence-corrected chi connectivity index (χ0v) is 12.9. The first-order valence-corrected chi connectivity index (χ1v) is 7.32. The maximum absolute atomic E-state index is 11.6. The van der Waals surface area contributed by atoms with Crippen molar-refractivity contribution in [2.24, 2.45) is 5.73 Å². The number of primary amides is 1. The first-order chi connectivity index (χ1) is 8.89. The molecule has 2 atom stereocenters. The van der Waals surface area contributed by atoms with Crippen molar-refractivity contribution in [2.75, 3.05) is 40.3 Å². The minimum atomic E-state index is -0.583. The molecular formula is C14H30N4O. The molecule has 0 aromatic carbocycles. The van der Waals surface area contributed by atoms with Crippen LogP contribution in [0, 0.1) is 0 Å². The third-order valence-corrected chi connectivity index (χ3v) is 4.08. The van der Waals surface area contributed by atoms with Crippen molar-refractivity contribution in [2.45, 2.75) is 44.7 Å². The summed E-state index contributed by atoms with van der Waals surface area (Å²) in [5, 5.41) is 3.23. The van der Waals surface area contributed by atoms with E-state index in [1.54, 1.807) is 0 Å². The van der Waals surface area contributed by atoms with Gasteiger partial charge in [0.15, 0.2) is 0 Å². The summed E-state index contributed by atoms with van der Waals surface area (Å²) in [4.78, 5) is 16.3. The minimum Gasteiger partial charge on any atom is -0.368 e. The molecule has 112 valence electrons. The fourth-order valence-electron chi connectivity index (χ4n) is 2.87. The average Bonchev–Trinajstić information content (AvgIpc) is 2.73. The molecule has 19 heavy (non-hydrogen) atoms. The molecule has 0 bridgehead atoms. The van der Waals surface area contributed by atoms with Crippen LogP contribution in [0.4, 0.5) is 0 Å². The van der Waals surface area contributed by atoms with E-state index in [4.69, 9.17) is 5.73 Å². The van der Waals surface area contributed by atoms with Gasteiger partial charge < -0.3 is 16.0 Å². The van der Waals surface area contributed by atoms with Crippen LogP contribution in [0.25, 0.3) is 0 Å². The van der Waals surface area contributed by atoms with E-state index in [1.807, 2.05) is 13.8 Å². The molecule has 5 heteroatoms. The zero-order valence-electron chi connectivity index (χ0n) is 12.9. The standard InChI is InChI=1S/C14H30N4O/c1-5-16-14(2,13(15)19)8-10-18-9-6-7-12(18)11-17(3)4/h12,16H,5-11H2,1-4H3,(H2,15,19). The van der Waals surface area contributed by atoms with E-state index >= 15 is 0 Å². The summed E-state index contributed by atoms with van der Waals surface area (Å²) in [6.07, 6.45) is 3.29. The van der Waals surface area contributed by atoms with Gasteiger partial charge in [0.1, 0.15) is 0 Å². The van der Waals surface area contributed by atoms with E-state index in [1.165, 1.54) is 12.8 Å². The highest BCUT2D eigenvalue weighted by molar-refractivity contribution is 5.84. The van der Waals surface area contributed by atoms with E-state index in [9.17, 15) is 4.79 Å². The fraction of sp³-hybridized carbons (Fsp3) is 0.929. The molecule has 1 heterocycles. The van der Waals surface area contributed by atoms with Crippen LogP contribution in [0.3, 0.4) is 0 Å². The number of likely N-dealkylation sites (tertiary alicyclic amines) is 1. The Kier molecular flexibility index (Phi) is 6.23. The Morgan fingerprint density at radius 1 is 1.53 bits per heavy atom. The average molecular weight is 270 g/mol. The van der Waals surface area contributed by atoms with Crippen molar-refractivity contribution < 1.29 is 4.79 Å². The molecule has 0 spiro atoms. The number of nitrogens with zero attached hydrogens (tertiary/aromatic N) is 2. The Labute approximate surface area is 117 Å². The molecule has 0 aromatic heterocycles. The molecule has 0 aliphatic carbocycles. The predicted octanol–water partition coefficient (Wildman–Crippen LogP) is 0.256. The zero-order chi connectivity index (χ0) is 14.5. The van der Waals surface area contributed by atoms with Crippen LogP contribution in [0.15, 0.2) is 0 Å². The maximum atomic E-state index is 11.6. The lowest BCUT2D eigenvalue weighted by Crippen LogP contribution is -2.55. The second-order valence-electron chi connectivity index (χ2n) is 6.07. The Hall–Kier alpha value is -0.650. The third-order valence-electron chi connectivity index (χ3n) is 4.08. The highest BCUT2D eigenvalue weighted by atomic mass is 16.1. The number of nitrogens with one attached hydrogen (secondary N) is 1. The molecule has 3 N–H and O–H groups in total. The Morgan fingerprint density at radius 2 is 2.21 bits per heavy atom. The number of hydrogen-bond acceptors (Lipinski definition) is 4. The van der Waals surface area contributed by atoms with Crippen LogP contribution in [0.5, 0.6) is 0 Å². The van der Waals surface area contributed by atoms with Gasteiger partial charge in [0.2, 0.25) is 5.91 Å². The van der Waals surface area contributed by atoms with Crippen LogP contribution in [0.1, 0.15) is 33.1 Å². The van der Waals surface area contributed by atoms with Crippen LogP contribution in [-0.2, 0) is 4.79 Å². The number of nitrogens with two attached hydrogens (primary N) is 1. The van der Waals surface area contributed by atoms with Gasteiger partial charge in [-0.3, -0.25) is 9.69 Å². The molecule has 5 nitrogen and oxygen atoms in total. The molecule has 1 amide bonds. The van der Waals surface area contributed by atoms with Gasteiger partial charge in [-0.15, -0.1) is 0 Å². The van der Waals surface area contributed by atoms with Crippen LogP contribution in [-0.4, -0.2) is 67.6 Å². The molecule has 1 saturated heterocycles. The topological polar surface area (TPSA) is 61.6 Å².